The average Bonchev–Trinajstić information content (AvgIpc) is 3.96. The van der Waals surface area contributed by atoms with Gasteiger partial charge in [0.05, 0.1) is 22.5 Å². The van der Waals surface area contributed by atoms with Crippen molar-refractivity contribution in [2.75, 3.05) is 4.90 Å². The number of para-hydroxylation sites is 3. The number of anilines is 3. The number of fused-ring (bicyclic) bond motifs is 5. The summed E-state index contributed by atoms with van der Waals surface area (Å²) in [6, 6.07) is 114. The van der Waals surface area contributed by atoms with Gasteiger partial charge in [0.2, 0.25) is 0 Å². The van der Waals surface area contributed by atoms with Crippen LogP contribution in [0.5, 0.6) is 0 Å². The number of rotatable bonds is 10. The molecule has 1 aliphatic carbocycles. The van der Waals surface area contributed by atoms with Crippen LogP contribution < -0.4 is 4.90 Å². The zero-order chi connectivity index (χ0) is 50.4. The van der Waals surface area contributed by atoms with Crippen molar-refractivity contribution >= 4 is 38.6 Å². The highest BCUT2D eigenvalue weighted by atomic mass is 15.1. The molecule has 14 rings (SSSR count). The molecule has 0 unspecified atom stereocenters. The Morgan fingerprint density at radius 3 is 1.05 bits per heavy atom. The van der Waals surface area contributed by atoms with Gasteiger partial charge in [-0.25, -0.2) is 0 Å². The average molecular weight is 966 g/mol. The Morgan fingerprint density at radius 1 is 0.211 bits per heavy atom. The molecule has 1 nitrogen and oxygen atoms in total. The molecule has 0 spiro atoms. The summed E-state index contributed by atoms with van der Waals surface area (Å²) in [7, 11) is 0. The summed E-state index contributed by atoms with van der Waals surface area (Å²) < 4.78 is 0. The largest absolute Gasteiger partial charge is 0.309 e. The van der Waals surface area contributed by atoms with Crippen LogP contribution in [0.3, 0.4) is 0 Å². The number of hydrogen-bond donors (Lipinski definition) is 0. The molecule has 1 aliphatic rings. The summed E-state index contributed by atoms with van der Waals surface area (Å²) >= 11 is 0. The minimum atomic E-state index is -0.548. The molecule has 76 heavy (non-hydrogen) atoms. The number of hydrogen-bond acceptors (Lipinski definition) is 1. The lowest BCUT2D eigenvalue weighted by atomic mass is 9.67. The third-order valence-electron chi connectivity index (χ3n) is 15.8. The van der Waals surface area contributed by atoms with E-state index in [-0.39, 0.29) is 0 Å². The third-order valence-corrected chi connectivity index (χ3v) is 15.8. The number of benzene rings is 13. The maximum absolute atomic E-state index is 2.55. The van der Waals surface area contributed by atoms with Crippen molar-refractivity contribution in [2.45, 2.75) is 5.41 Å². The van der Waals surface area contributed by atoms with Crippen LogP contribution in [0, 0.1) is 0 Å². The molecule has 356 valence electrons. The van der Waals surface area contributed by atoms with Gasteiger partial charge in [0.25, 0.3) is 0 Å². The van der Waals surface area contributed by atoms with E-state index in [9.17, 15) is 0 Å². The second-order valence-corrected chi connectivity index (χ2v) is 19.8. The molecular formula is C75H51N. The zero-order valence-corrected chi connectivity index (χ0v) is 41.9. The molecule has 0 aromatic heterocycles. The summed E-state index contributed by atoms with van der Waals surface area (Å²) in [4.78, 5) is 2.55. The Kier molecular flexibility index (Phi) is 11.2. The van der Waals surface area contributed by atoms with Gasteiger partial charge >= 0.3 is 0 Å². The molecule has 0 N–H and O–H groups in total. The van der Waals surface area contributed by atoms with Crippen LogP contribution in [-0.2, 0) is 5.41 Å². The molecule has 0 atom stereocenters. The summed E-state index contributed by atoms with van der Waals surface area (Å²) in [6.45, 7) is 0. The van der Waals surface area contributed by atoms with Gasteiger partial charge in [-0.3, -0.25) is 0 Å². The maximum atomic E-state index is 2.55. The van der Waals surface area contributed by atoms with Gasteiger partial charge in [-0.2, -0.15) is 0 Å². The zero-order valence-electron chi connectivity index (χ0n) is 41.9. The van der Waals surface area contributed by atoms with Gasteiger partial charge in [-0.15, -0.1) is 0 Å². The van der Waals surface area contributed by atoms with Crippen molar-refractivity contribution in [3.63, 3.8) is 0 Å². The molecule has 0 saturated heterocycles. The van der Waals surface area contributed by atoms with Gasteiger partial charge in [0, 0.05) is 16.7 Å². The molecule has 0 aliphatic heterocycles. The molecule has 0 amide bonds. The maximum Gasteiger partial charge on any atom is 0.0713 e. The predicted molar refractivity (Wildman–Crippen MR) is 321 cm³/mol. The van der Waals surface area contributed by atoms with Crippen LogP contribution in [0.25, 0.3) is 88.3 Å². The van der Waals surface area contributed by atoms with Crippen LogP contribution in [0.1, 0.15) is 22.3 Å². The third kappa shape index (κ3) is 7.31. The van der Waals surface area contributed by atoms with Crippen LogP contribution in [0.4, 0.5) is 17.1 Å². The Hall–Kier alpha value is -9.82. The van der Waals surface area contributed by atoms with E-state index >= 15 is 0 Å². The summed E-state index contributed by atoms with van der Waals surface area (Å²) in [5.41, 5.74) is 22.0. The van der Waals surface area contributed by atoms with E-state index in [0.29, 0.717) is 0 Å². The Labute approximate surface area is 444 Å². The van der Waals surface area contributed by atoms with E-state index in [1.54, 1.807) is 0 Å². The molecule has 1 heteroatoms. The van der Waals surface area contributed by atoms with Gasteiger partial charge in [-0.05, 0) is 118 Å². The fourth-order valence-corrected chi connectivity index (χ4v) is 12.6. The fourth-order valence-electron chi connectivity index (χ4n) is 12.6. The monoisotopic (exact) mass is 965 g/mol. The Balaban J connectivity index is 1.05. The lowest BCUT2D eigenvalue weighted by molar-refractivity contribution is 0.769. The predicted octanol–water partition coefficient (Wildman–Crippen LogP) is 20.2. The van der Waals surface area contributed by atoms with Gasteiger partial charge in [0.1, 0.15) is 0 Å². The molecule has 13 aromatic rings. The molecule has 0 bridgehead atoms. The summed E-state index contributed by atoms with van der Waals surface area (Å²) in [5.74, 6) is 0. The minimum absolute atomic E-state index is 0.548. The van der Waals surface area contributed by atoms with Crippen LogP contribution in [0.15, 0.2) is 309 Å². The first kappa shape index (κ1) is 44.8. The second kappa shape index (κ2) is 18.9. The molecular weight excluding hydrogens is 915 g/mol. The van der Waals surface area contributed by atoms with Gasteiger partial charge < -0.3 is 4.90 Å². The van der Waals surface area contributed by atoms with Gasteiger partial charge in [-0.1, -0.05) is 285 Å². The van der Waals surface area contributed by atoms with Crippen LogP contribution >= 0.6 is 0 Å². The van der Waals surface area contributed by atoms with Crippen molar-refractivity contribution in [1.29, 1.82) is 0 Å². The van der Waals surface area contributed by atoms with E-state index in [1.165, 1.54) is 88.3 Å². The smallest absolute Gasteiger partial charge is 0.0713 e. The van der Waals surface area contributed by atoms with Crippen molar-refractivity contribution in [1.82, 2.24) is 0 Å². The molecule has 0 saturated carbocycles. The lowest BCUT2D eigenvalue weighted by Crippen LogP contribution is -2.28. The lowest BCUT2D eigenvalue weighted by Gasteiger charge is -2.34. The topological polar surface area (TPSA) is 3.24 Å². The molecule has 0 radical (unpaired) electrons. The van der Waals surface area contributed by atoms with Crippen molar-refractivity contribution in [3.05, 3.63) is 332 Å². The van der Waals surface area contributed by atoms with E-state index < -0.39 is 5.41 Å². The summed E-state index contributed by atoms with van der Waals surface area (Å²) in [5, 5.41) is 4.85. The van der Waals surface area contributed by atoms with E-state index in [4.69, 9.17) is 0 Å². The Bertz CT molecular complexity index is 4060. The molecule has 13 aromatic carbocycles. The van der Waals surface area contributed by atoms with Gasteiger partial charge in [0.15, 0.2) is 0 Å². The quantitative estimate of drug-likeness (QED) is 0.132. The first-order valence-corrected chi connectivity index (χ1v) is 26.3. The van der Waals surface area contributed by atoms with Crippen molar-refractivity contribution < 1.29 is 0 Å². The molecule has 0 fully saturated rings. The van der Waals surface area contributed by atoms with Crippen molar-refractivity contribution in [2.24, 2.45) is 0 Å². The fraction of sp³-hybridized carbons (Fsp3) is 0.0133. The number of nitrogens with zero attached hydrogens (tertiary/aromatic N) is 1. The van der Waals surface area contributed by atoms with E-state index in [0.717, 1.165) is 39.3 Å². The van der Waals surface area contributed by atoms with Crippen LogP contribution in [-0.4, -0.2) is 0 Å². The second-order valence-electron chi connectivity index (χ2n) is 19.8. The van der Waals surface area contributed by atoms with E-state index in [1.807, 2.05) is 0 Å². The standard InChI is InChI=1S/C75H51N/c1-5-25-52(26-6-1)60-41-21-29-54-31-23-43-66(73(54)60)64-39-15-19-47-71(64)76(72-48-20-16-40-65(72)67-44-24-32-55-30-22-42-61(74(55)67)53-27-7-2-8-28-53)70-46-18-14-37-59(70)56-49-50-63-62-38-13-17-45-68(62)75(69(63)51-56,57-33-9-3-10-34-57)58-35-11-4-12-36-58/h1-51H. The first-order chi connectivity index (χ1) is 37.8. The minimum Gasteiger partial charge on any atom is -0.309 e. The first-order valence-electron chi connectivity index (χ1n) is 26.3. The Morgan fingerprint density at radius 2 is 0.566 bits per heavy atom. The van der Waals surface area contributed by atoms with Crippen molar-refractivity contribution in [3.8, 4) is 66.8 Å². The van der Waals surface area contributed by atoms with E-state index in [2.05, 4.69) is 314 Å². The molecule has 0 heterocycles. The highest BCUT2D eigenvalue weighted by molar-refractivity contribution is 6.12. The highest BCUT2D eigenvalue weighted by Crippen LogP contribution is 2.58. The summed E-state index contributed by atoms with van der Waals surface area (Å²) in [6.07, 6.45) is 0. The highest BCUT2D eigenvalue weighted by Gasteiger charge is 2.46. The SMILES string of the molecule is c1ccc(-c2cccc3cccc(-c4ccccc4N(c4ccccc4-c4ccc5c(c4)C(c4ccccc4)(c4ccccc4)c4ccccc4-5)c4ccccc4-c4cccc5cccc(-c6ccccc6)c45)c23)cc1. The van der Waals surface area contributed by atoms with Crippen LogP contribution in [0.2, 0.25) is 0 Å². The normalized spacial score (nSPS) is 12.3.